The number of nitrogens with one attached hydrogen (secondary N) is 1. The van der Waals surface area contributed by atoms with Gasteiger partial charge in [0.2, 0.25) is 5.03 Å². The first kappa shape index (κ1) is 14.0. The third kappa shape index (κ3) is 2.49. The first-order valence-electron chi connectivity index (χ1n) is 5.90. The van der Waals surface area contributed by atoms with Gasteiger partial charge in [-0.05, 0) is 28.1 Å². The molecular weight excluding hydrogens is 358 g/mol. The first-order valence-corrected chi connectivity index (χ1v) is 8.17. The molecule has 2 heterocycles. The average Bonchev–Trinajstić information content (AvgIpc) is 2.79. The predicted octanol–water partition coefficient (Wildman–Crippen LogP) is 1.93. The molecule has 0 atom stereocenters. The van der Waals surface area contributed by atoms with Gasteiger partial charge in [0.25, 0.3) is 10.0 Å². The number of benzene rings is 1. The average molecular weight is 368 g/mol. The molecule has 0 unspecified atom stereocenters. The number of hydrogen-bond acceptors (Lipinski definition) is 5. The number of hydrogen-bond donors (Lipinski definition) is 1. The van der Waals surface area contributed by atoms with Crippen molar-refractivity contribution in [3.8, 4) is 0 Å². The molecule has 1 aromatic carbocycles. The standard InChI is InChI=1S/C12H10BrN5O2S/c1-18-12(11(13)15-17-18)21(19,20)16-10-4-2-3-8-7-14-6-5-9(8)10/h2-7,16H,1H3. The molecule has 0 radical (unpaired) electrons. The Morgan fingerprint density at radius 2 is 2.10 bits per heavy atom. The van der Waals surface area contributed by atoms with Crippen LogP contribution in [0.1, 0.15) is 0 Å². The Hall–Kier alpha value is -2.00. The lowest BCUT2D eigenvalue weighted by molar-refractivity contribution is 0.578. The number of halogens is 1. The van der Waals surface area contributed by atoms with Crippen molar-refractivity contribution in [2.45, 2.75) is 5.03 Å². The number of rotatable bonds is 3. The van der Waals surface area contributed by atoms with Crippen LogP contribution >= 0.6 is 15.9 Å². The van der Waals surface area contributed by atoms with Crippen LogP contribution in [-0.2, 0) is 17.1 Å². The van der Waals surface area contributed by atoms with E-state index in [0.717, 1.165) is 10.8 Å². The van der Waals surface area contributed by atoms with Gasteiger partial charge in [-0.25, -0.2) is 4.68 Å². The molecule has 1 N–H and O–H groups in total. The SMILES string of the molecule is Cn1nnc(Br)c1S(=O)(=O)Nc1cccc2cnccc12. The van der Waals surface area contributed by atoms with Gasteiger partial charge in [-0.15, -0.1) is 5.10 Å². The van der Waals surface area contributed by atoms with Gasteiger partial charge in [-0.1, -0.05) is 17.3 Å². The minimum absolute atomic E-state index is 0.0337. The largest absolute Gasteiger partial charge is 0.281 e. The number of aryl methyl sites for hydroxylation is 1. The maximum absolute atomic E-state index is 12.5. The van der Waals surface area contributed by atoms with Gasteiger partial charge in [0.1, 0.15) is 0 Å². The molecular formula is C12H10BrN5O2S. The highest BCUT2D eigenvalue weighted by atomic mass is 79.9. The summed E-state index contributed by atoms with van der Waals surface area (Å²) in [6.07, 6.45) is 3.29. The molecule has 0 saturated heterocycles. The number of fused-ring (bicyclic) bond motifs is 1. The van der Waals surface area contributed by atoms with Crippen LogP contribution in [0.25, 0.3) is 10.8 Å². The fourth-order valence-electron chi connectivity index (χ4n) is 2.01. The Balaban J connectivity index is 2.10. The summed E-state index contributed by atoms with van der Waals surface area (Å²) >= 11 is 3.09. The number of sulfonamides is 1. The Kier molecular flexibility index (Phi) is 3.38. The molecule has 7 nitrogen and oxygen atoms in total. The number of nitrogens with zero attached hydrogens (tertiary/aromatic N) is 4. The van der Waals surface area contributed by atoms with Gasteiger partial charge in [0, 0.05) is 30.2 Å². The molecule has 0 spiro atoms. The molecule has 0 aliphatic rings. The summed E-state index contributed by atoms with van der Waals surface area (Å²) in [6.45, 7) is 0. The van der Waals surface area contributed by atoms with E-state index in [1.807, 2.05) is 6.07 Å². The van der Waals surface area contributed by atoms with Crippen molar-refractivity contribution in [1.29, 1.82) is 0 Å². The molecule has 3 rings (SSSR count). The van der Waals surface area contributed by atoms with Crippen molar-refractivity contribution in [3.63, 3.8) is 0 Å². The monoisotopic (exact) mass is 367 g/mol. The van der Waals surface area contributed by atoms with Crippen LogP contribution in [0.4, 0.5) is 5.69 Å². The van der Waals surface area contributed by atoms with Crippen LogP contribution in [-0.4, -0.2) is 28.4 Å². The van der Waals surface area contributed by atoms with Crippen molar-refractivity contribution in [1.82, 2.24) is 20.0 Å². The molecule has 3 aromatic rings. The summed E-state index contributed by atoms with van der Waals surface area (Å²) < 4.78 is 28.9. The molecule has 0 amide bonds. The number of pyridine rings is 1. The van der Waals surface area contributed by atoms with E-state index in [1.165, 1.54) is 11.7 Å². The maximum atomic E-state index is 12.5. The predicted molar refractivity (Wildman–Crippen MR) is 81.3 cm³/mol. The lowest BCUT2D eigenvalue weighted by atomic mass is 10.1. The second kappa shape index (κ2) is 5.08. The summed E-state index contributed by atoms with van der Waals surface area (Å²) in [5.74, 6) is 0. The second-order valence-electron chi connectivity index (χ2n) is 4.32. The maximum Gasteiger partial charge on any atom is 0.281 e. The van der Waals surface area contributed by atoms with E-state index in [4.69, 9.17) is 0 Å². The molecule has 108 valence electrons. The van der Waals surface area contributed by atoms with Crippen LogP contribution in [0.2, 0.25) is 0 Å². The van der Waals surface area contributed by atoms with Crippen LogP contribution in [0.15, 0.2) is 46.3 Å². The Labute approximate surface area is 129 Å². The molecule has 21 heavy (non-hydrogen) atoms. The van der Waals surface area contributed by atoms with Crippen LogP contribution in [0, 0.1) is 0 Å². The van der Waals surface area contributed by atoms with E-state index in [1.54, 1.807) is 30.6 Å². The van der Waals surface area contributed by atoms with Gasteiger partial charge >= 0.3 is 0 Å². The normalized spacial score (nSPS) is 11.7. The Morgan fingerprint density at radius 1 is 1.29 bits per heavy atom. The van der Waals surface area contributed by atoms with Crippen molar-refractivity contribution >= 4 is 42.4 Å². The quantitative estimate of drug-likeness (QED) is 0.763. The summed E-state index contributed by atoms with van der Waals surface area (Å²) in [5.41, 5.74) is 0.475. The van der Waals surface area contributed by atoms with E-state index in [9.17, 15) is 8.42 Å². The second-order valence-corrected chi connectivity index (χ2v) is 6.67. The lowest BCUT2D eigenvalue weighted by Gasteiger charge is -2.10. The molecule has 0 saturated carbocycles. The smallest absolute Gasteiger partial charge is 0.278 e. The van der Waals surface area contributed by atoms with Gasteiger partial charge < -0.3 is 0 Å². The zero-order valence-corrected chi connectivity index (χ0v) is 13.3. The molecule has 0 aliphatic heterocycles. The highest BCUT2D eigenvalue weighted by Crippen LogP contribution is 2.26. The minimum Gasteiger partial charge on any atom is -0.278 e. The van der Waals surface area contributed by atoms with E-state index < -0.39 is 10.0 Å². The van der Waals surface area contributed by atoms with Crippen molar-refractivity contribution in [2.24, 2.45) is 7.05 Å². The third-order valence-electron chi connectivity index (χ3n) is 2.92. The summed E-state index contributed by atoms with van der Waals surface area (Å²) in [6, 6.07) is 7.07. The van der Waals surface area contributed by atoms with Crippen molar-refractivity contribution in [2.75, 3.05) is 4.72 Å². The number of aromatic nitrogens is 4. The fourth-order valence-corrected chi connectivity index (χ4v) is 4.19. The first-order chi connectivity index (χ1) is 9.99. The zero-order valence-electron chi connectivity index (χ0n) is 10.9. The molecule has 9 heteroatoms. The topological polar surface area (TPSA) is 89.8 Å². The highest BCUT2D eigenvalue weighted by Gasteiger charge is 2.24. The lowest BCUT2D eigenvalue weighted by Crippen LogP contribution is -2.17. The highest BCUT2D eigenvalue weighted by molar-refractivity contribution is 9.10. The third-order valence-corrected chi connectivity index (χ3v) is 5.17. The zero-order chi connectivity index (χ0) is 15.0. The van der Waals surface area contributed by atoms with E-state index in [0.29, 0.717) is 5.69 Å². The van der Waals surface area contributed by atoms with Crippen molar-refractivity contribution in [3.05, 3.63) is 41.3 Å². The van der Waals surface area contributed by atoms with Gasteiger partial charge in [-0.3, -0.25) is 9.71 Å². The molecule has 2 aromatic heterocycles. The van der Waals surface area contributed by atoms with E-state index in [-0.39, 0.29) is 9.63 Å². The van der Waals surface area contributed by atoms with Crippen LogP contribution < -0.4 is 4.72 Å². The van der Waals surface area contributed by atoms with Crippen LogP contribution in [0.5, 0.6) is 0 Å². The van der Waals surface area contributed by atoms with Crippen molar-refractivity contribution < 1.29 is 8.42 Å². The Morgan fingerprint density at radius 3 is 2.81 bits per heavy atom. The molecule has 0 bridgehead atoms. The fraction of sp³-hybridized carbons (Fsp3) is 0.0833. The van der Waals surface area contributed by atoms with E-state index in [2.05, 4.69) is 35.9 Å². The summed E-state index contributed by atoms with van der Waals surface area (Å²) in [5, 5.41) is 8.94. The van der Waals surface area contributed by atoms with Gasteiger partial charge in [0.05, 0.1) is 5.69 Å². The Bertz CT molecular complexity index is 898. The van der Waals surface area contributed by atoms with Crippen LogP contribution in [0.3, 0.4) is 0 Å². The minimum atomic E-state index is -3.80. The summed E-state index contributed by atoms with van der Waals surface area (Å²) in [7, 11) is -2.29. The van der Waals surface area contributed by atoms with E-state index >= 15 is 0 Å². The molecule has 0 aliphatic carbocycles. The van der Waals surface area contributed by atoms with Gasteiger partial charge in [-0.2, -0.15) is 8.42 Å². The number of anilines is 1. The molecule has 0 fully saturated rings. The summed E-state index contributed by atoms with van der Waals surface area (Å²) in [4.78, 5) is 4.02. The van der Waals surface area contributed by atoms with Gasteiger partial charge in [0.15, 0.2) is 4.60 Å².